The number of hydrogen-bond acceptors (Lipinski definition) is 5. The lowest BCUT2D eigenvalue weighted by atomic mass is 10.1. The van der Waals surface area contributed by atoms with Crippen LogP contribution in [0.2, 0.25) is 0 Å². The van der Waals surface area contributed by atoms with Crippen molar-refractivity contribution in [1.29, 1.82) is 0 Å². The number of ether oxygens (including phenoxy) is 1. The number of aromatic nitrogens is 1. The fourth-order valence-electron chi connectivity index (χ4n) is 2.14. The zero-order chi connectivity index (χ0) is 17.5. The first-order valence-electron chi connectivity index (χ1n) is 8.22. The Labute approximate surface area is 159 Å². The summed E-state index contributed by atoms with van der Waals surface area (Å²) in [5, 5.41) is 5.57. The molecule has 0 aliphatic rings. The summed E-state index contributed by atoms with van der Waals surface area (Å²) < 4.78 is 5.97. The van der Waals surface area contributed by atoms with Crippen LogP contribution in [-0.4, -0.2) is 23.5 Å². The summed E-state index contributed by atoms with van der Waals surface area (Å²) in [7, 11) is 0. The van der Waals surface area contributed by atoms with E-state index in [1.807, 2.05) is 32.0 Å². The first kappa shape index (κ1) is 21.4. The molecule has 138 valence electrons. The van der Waals surface area contributed by atoms with Crippen molar-refractivity contribution in [3.05, 3.63) is 45.4 Å². The molecule has 1 aromatic carbocycles. The molecule has 0 saturated carbocycles. The molecule has 0 aliphatic heterocycles. The molecule has 7 heteroatoms. The molecule has 0 saturated heterocycles. The first-order chi connectivity index (χ1) is 11.5. The van der Waals surface area contributed by atoms with E-state index in [0.717, 1.165) is 28.3 Å². The maximum Gasteiger partial charge on any atom is 0.271 e. The molecule has 3 N–H and O–H groups in total. The van der Waals surface area contributed by atoms with Crippen molar-refractivity contribution < 1.29 is 9.53 Å². The highest BCUT2D eigenvalue weighted by molar-refractivity contribution is 7.09. The van der Waals surface area contributed by atoms with E-state index in [-0.39, 0.29) is 24.4 Å². The van der Waals surface area contributed by atoms with E-state index >= 15 is 0 Å². The average Bonchev–Trinajstić information content (AvgIpc) is 3.03. The van der Waals surface area contributed by atoms with Crippen molar-refractivity contribution in [2.24, 2.45) is 5.73 Å². The van der Waals surface area contributed by atoms with Gasteiger partial charge < -0.3 is 15.8 Å². The Morgan fingerprint density at radius 2 is 2.20 bits per heavy atom. The number of carbonyl (C=O) groups is 1. The summed E-state index contributed by atoms with van der Waals surface area (Å²) in [6.07, 6.45) is 1.77. The molecule has 1 amide bonds. The van der Waals surface area contributed by atoms with Crippen LogP contribution in [0.4, 0.5) is 0 Å². The Kier molecular flexibility index (Phi) is 8.89. The summed E-state index contributed by atoms with van der Waals surface area (Å²) >= 11 is 1.46. The van der Waals surface area contributed by atoms with Gasteiger partial charge in [0, 0.05) is 23.9 Å². The molecule has 0 spiro atoms. The van der Waals surface area contributed by atoms with Crippen LogP contribution < -0.4 is 15.8 Å². The fraction of sp³-hybridized carbons (Fsp3) is 0.444. The molecule has 2 rings (SSSR count). The average molecular weight is 384 g/mol. The van der Waals surface area contributed by atoms with Gasteiger partial charge in [0.15, 0.2) is 0 Å². The van der Waals surface area contributed by atoms with Crippen LogP contribution in [0.25, 0.3) is 0 Å². The standard InChI is InChI=1S/C18H25N3O2S.ClH/c1-4-13(3)23-16-9-12(2)5-6-14(16)10-20-18(22)15-11-24-17(21-15)7-8-19;/h5-6,9,11,13H,4,7-8,10,19H2,1-3H3,(H,20,22);1H. The number of aryl methyl sites for hydroxylation is 1. The van der Waals surface area contributed by atoms with Crippen LogP contribution in [0, 0.1) is 6.92 Å². The maximum atomic E-state index is 12.3. The number of nitrogens with zero attached hydrogens (tertiary/aromatic N) is 1. The minimum absolute atomic E-state index is 0. The normalized spacial score (nSPS) is 11.5. The lowest BCUT2D eigenvalue weighted by Gasteiger charge is -2.17. The maximum absolute atomic E-state index is 12.3. The third-order valence-electron chi connectivity index (χ3n) is 3.71. The van der Waals surface area contributed by atoms with E-state index in [9.17, 15) is 4.79 Å². The van der Waals surface area contributed by atoms with Crippen molar-refractivity contribution in [3.8, 4) is 5.75 Å². The van der Waals surface area contributed by atoms with Gasteiger partial charge in [-0.2, -0.15) is 0 Å². The largest absolute Gasteiger partial charge is 0.490 e. The Bertz CT molecular complexity index is 691. The van der Waals surface area contributed by atoms with E-state index in [0.29, 0.717) is 25.2 Å². The Hall–Kier alpha value is -1.63. The molecule has 5 nitrogen and oxygen atoms in total. The predicted octanol–water partition coefficient (Wildman–Crippen LogP) is 3.48. The van der Waals surface area contributed by atoms with Gasteiger partial charge in [-0.3, -0.25) is 4.79 Å². The highest BCUT2D eigenvalue weighted by atomic mass is 35.5. The second kappa shape index (κ2) is 10.4. The minimum atomic E-state index is -0.176. The van der Waals surface area contributed by atoms with E-state index in [2.05, 4.69) is 17.2 Å². The third kappa shape index (κ3) is 6.30. The van der Waals surface area contributed by atoms with Gasteiger partial charge in [-0.05, 0) is 38.4 Å². The smallest absolute Gasteiger partial charge is 0.271 e. The Morgan fingerprint density at radius 1 is 1.44 bits per heavy atom. The summed E-state index contributed by atoms with van der Waals surface area (Å²) in [5.74, 6) is 0.649. The monoisotopic (exact) mass is 383 g/mol. The van der Waals surface area contributed by atoms with Crippen molar-refractivity contribution in [2.75, 3.05) is 6.54 Å². The quantitative estimate of drug-likeness (QED) is 0.731. The van der Waals surface area contributed by atoms with Crippen molar-refractivity contribution >= 4 is 29.7 Å². The number of nitrogens with two attached hydrogens (primary N) is 1. The van der Waals surface area contributed by atoms with Gasteiger partial charge in [0.05, 0.1) is 11.1 Å². The molecule has 2 aromatic rings. The number of thiazole rings is 1. The Morgan fingerprint density at radius 3 is 2.88 bits per heavy atom. The SMILES string of the molecule is CCC(C)Oc1cc(C)ccc1CNC(=O)c1csc(CCN)n1.Cl. The number of amides is 1. The van der Waals surface area contributed by atoms with Gasteiger partial charge >= 0.3 is 0 Å². The van der Waals surface area contributed by atoms with E-state index < -0.39 is 0 Å². The van der Waals surface area contributed by atoms with Gasteiger partial charge in [0.2, 0.25) is 0 Å². The van der Waals surface area contributed by atoms with Crippen LogP contribution in [-0.2, 0) is 13.0 Å². The second-order valence-electron chi connectivity index (χ2n) is 5.80. The summed E-state index contributed by atoms with van der Waals surface area (Å²) in [5.41, 5.74) is 8.06. The summed E-state index contributed by atoms with van der Waals surface area (Å²) in [4.78, 5) is 16.6. The van der Waals surface area contributed by atoms with Crippen LogP contribution in [0.1, 0.15) is 46.9 Å². The molecule has 1 heterocycles. The van der Waals surface area contributed by atoms with Crippen LogP contribution >= 0.6 is 23.7 Å². The van der Waals surface area contributed by atoms with Gasteiger partial charge in [0.1, 0.15) is 11.4 Å². The second-order valence-corrected chi connectivity index (χ2v) is 6.74. The van der Waals surface area contributed by atoms with Gasteiger partial charge in [-0.15, -0.1) is 23.7 Å². The number of benzene rings is 1. The number of rotatable bonds is 8. The first-order valence-corrected chi connectivity index (χ1v) is 9.10. The van der Waals surface area contributed by atoms with Gasteiger partial charge in [-0.25, -0.2) is 4.98 Å². The number of halogens is 1. The minimum Gasteiger partial charge on any atom is -0.490 e. The van der Waals surface area contributed by atoms with Crippen molar-refractivity contribution in [2.45, 2.75) is 46.3 Å². The lowest BCUT2D eigenvalue weighted by molar-refractivity contribution is 0.0946. The molecule has 0 fully saturated rings. The zero-order valence-corrected chi connectivity index (χ0v) is 16.5. The van der Waals surface area contributed by atoms with Crippen molar-refractivity contribution in [3.63, 3.8) is 0 Å². The summed E-state index contributed by atoms with van der Waals surface area (Å²) in [6, 6.07) is 6.03. The molecular weight excluding hydrogens is 358 g/mol. The van der Waals surface area contributed by atoms with Crippen LogP contribution in [0.15, 0.2) is 23.6 Å². The van der Waals surface area contributed by atoms with Gasteiger partial charge in [-0.1, -0.05) is 19.1 Å². The molecule has 25 heavy (non-hydrogen) atoms. The fourth-order valence-corrected chi connectivity index (χ4v) is 2.93. The molecule has 0 aliphatic carbocycles. The van der Waals surface area contributed by atoms with Crippen molar-refractivity contribution in [1.82, 2.24) is 10.3 Å². The highest BCUT2D eigenvalue weighted by Gasteiger charge is 2.13. The summed E-state index contributed by atoms with van der Waals surface area (Å²) in [6.45, 7) is 7.10. The predicted molar refractivity (Wildman–Crippen MR) is 105 cm³/mol. The van der Waals surface area contributed by atoms with E-state index in [1.165, 1.54) is 11.3 Å². The highest BCUT2D eigenvalue weighted by Crippen LogP contribution is 2.22. The van der Waals surface area contributed by atoms with E-state index in [4.69, 9.17) is 10.5 Å². The van der Waals surface area contributed by atoms with Crippen LogP contribution in [0.3, 0.4) is 0 Å². The zero-order valence-electron chi connectivity index (χ0n) is 14.9. The van der Waals surface area contributed by atoms with Gasteiger partial charge in [0.25, 0.3) is 5.91 Å². The number of nitrogens with one attached hydrogen (secondary N) is 1. The molecular formula is C18H26ClN3O2S. The number of carbonyl (C=O) groups excluding carboxylic acids is 1. The molecule has 0 radical (unpaired) electrons. The Balaban J connectivity index is 0.00000312. The third-order valence-corrected chi connectivity index (χ3v) is 4.62. The van der Waals surface area contributed by atoms with Crippen LogP contribution in [0.5, 0.6) is 5.75 Å². The number of hydrogen-bond donors (Lipinski definition) is 2. The van der Waals surface area contributed by atoms with E-state index in [1.54, 1.807) is 5.38 Å². The lowest BCUT2D eigenvalue weighted by Crippen LogP contribution is -2.24. The molecule has 0 bridgehead atoms. The molecule has 1 atom stereocenters. The molecule has 1 aromatic heterocycles. The topological polar surface area (TPSA) is 77.2 Å². The molecule has 1 unspecified atom stereocenters.